The summed E-state index contributed by atoms with van der Waals surface area (Å²) in [7, 11) is 0. The van der Waals surface area contributed by atoms with E-state index in [-0.39, 0.29) is 0 Å². The van der Waals surface area contributed by atoms with Crippen LogP contribution in [0.15, 0.2) is 77.2 Å². The maximum atomic E-state index is 5.95. The highest BCUT2D eigenvalue weighted by atomic mass is 32.1. The number of furan rings is 1. The van der Waals surface area contributed by atoms with E-state index in [0.29, 0.717) is 11.6 Å². The Bertz CT molecular complexity index is 1420. The number of hydrogen-bond acceptors (Lipinski definition) is 5. The number of hydrogen-bond donors (Lipinski definition) is 0. The predicted octanol–water partition coefficient (Wildman–Crippen LogP) is 5.34. The van der Waals surface area contributed by atoms with Crippen LogP contribution in [0.5, 0.6) is 0 Å². The maximum Gasteiger partial charge on any atom is 0.235 e. The molecule has 0 unspecified atom stereocenters. The number of para-hydroxylation sites is 1. The molecule has 0 bridgehead atoms. The van der Waals surface area contributed by atoms with Crippen LogP contribution in [0.1, 0.15) is 10.6 Å². The molecule has 28 heavy (non-hydrogen) atoms. The van der Waals surface area contributed by atoms with Crippen molar-refractivity contribution in [2.24, 2.45) is 0 Å². The molecule has 0 saturated carbocycles. The molecule has 0 aliphatic rings. The van der Waals surface area contributed by atoms with Gasteiger partial charge in [-0.15, -0.1) is 10.2 Å². The summed E-state index contributed by atoms with van der Waals surface area (Å²) in [5, 5.41) is 17.9. The standard InChI is InChI=1S/C22H14N4OS/c1-3-10-17-14(6-1)8-5-9-15(17)13-20-25-26-21(23-24-22(26)28-20)19-12-16-7-2-4-11-18(16)27-19/h1-12H,13H2. The zero-order valence-electron chi connectivity index (χ0n) is 14.7. The van der Waals surface area contributed by atoms with Gasteiger partial charge in [0.2, 0.25) is 10.8 Å². The molecule has 0 spiro atoms. The van der Waals surface area contributed by atoms with Crippen molar-refractivity contribution >= 4 is 38.0 Å². The van der Waals surface area contributed by atoms with Gasteiger partial charge in [-0.1, -0.05) is 72.0 Å². The molecule has 0 aliphatic heterocycles. The van der Waals surface area contributed by atoms with Crippen molar-refractivity contribution in [3.63, 3.8) is 0 Å². The van der Waals surface area contributed by atoms with Crippen molar-refractivity contribution in [2.75, 3.05) is 0 Å². The smallest absolute Gasteiger partial charge is 0.235 e. The summed E-state index contributed by atoms with van der Waals surface area (Å²) in [5.74, 6) is 1.31. The van der Waals surface area contributed by atoms with Crippen molar-refractivity contribution in [1.82, 2.24) is 19.8 Å². The molecular weight excluding hydrogens is 368 g/mol. The minimum Gasteiger partial charge on any atom is -0.453 e. The normalized spacial score (nSPS) is 11.7. The first-order valence-corrected chi connectivity index (χ1v) is 9.83. The van der Waals surface area contributed by atoms with Crippen molar-refractivity contribution in [3.05, 3.63) is 83.4 Å². The largest absolute Gasteiger partial charge is 0.453 e. The Morgan fingerprint density at radius 2 is 1.68 bits per heavy atom. The molecule has 6 heteroatoms. The fraction of sp³-hybridized carbons (Fsp3) is 0.0455. The van der Waals surface area contributed by atoms with E-state index < -0.39 is 0 Å². The molecule has 0 aliphatic carbocycles. The first-order chi connectivity index (χ1) is 13.8. The Labute approximate surface area is 163 Å². The Morgan fingerprint density at radius 1 is 0.857 bits per heavy atom. The van der Waals surface area contributed by atoms with Crippen molar-refractivity contribution in [1.29, 1.82) is 0 Å². The van der Waals surface area contributed by atoms with Crippen LogP contribution in [-0.2, 0) is 6.42 Å². The van der Waals surface area contributed by atoms with Gasteiger partial charge < -0.3 is 4.42 Å². The van der Waals surface area contributed by atoms with E-state index in [0.717, 1.165) is 27.4 Å². The van der Waals surface area contributed by atoms with Crippen molar-refractivity contribution in [3.8, 4) is 11.6 Å². The second-order valence-electron chi connectivity index (χ2n) is 6.68. The summed E-state index contributed by atoms with van der Waals surface area (Å²) in [6, 6.07) is 24.7. The van der Waals surface area contributed by atoms with E-state index in [1.165, 1.54) is 16.3 Å². The lowest BCUT2D eigenvalue weighted by molar-refractivity contribution is 0.621. The number of nitrogens with zero attached hydrogens (tertiary/aromatic N) is 4. The third-order valence-corrected chi connectivity index (χ3v) is 5.80. The van der Waals surface area contributed by atoms with Gasteiger partial charge in [0.05, 0.1) is 0 Å². The van der Waals surface area contributed by atoms with E-state index in [4.69, 9.17) is 9.52 Å². The molecule has 6 rings (SSSR count). The third-order valence-electron chi connectivity index (χ3n) is 4.90. The Kier molecular flexibility index (Phi) is 3.33. The van der Waals surface area contributed by atoms with Crippen molar-refractivity contribution < 1.29 is 4.42 Å². The lowest BCUT2D eigenvalue weighted by Gasteiger charge is -2.04. The quantitative estimate of drug-likeness (QED) is 0.414. The molecule has 0 N–H and O–H groups in total. The summed E-state index contributed by atoms with van der Waals surface area (Å²) >= 11 is 1.56. The molecule has 0 radical (unpaired) electrons. The van der Waals surface area contributed by atoms with Gasteiger partial charge in [-0.05, 0) is 28.5 Å². The highest BCUT2D eigenvalue weighted by Gasteiger charge is 2.17. The van der Waals surface area contributed by atoms with Gasteiger partial charge in [-0.3, -0.25) is 0 Å². The minimum absolute atomic E-state index is 0.631. The van der Waals surface area contributed by atoms with Crippen LogP contribution in [0.2, 0.25) is 0 Å². The van der Waals surface area contributed by atoms with Gasteiger partial charge in [-0.25, -0.2) is 0 Å². The van der Waals surface area contributed by atoms with Crippen LogP contribution in [0, 0.1) is 0 Å². The fourth-order valence-electron chi connectivity index (χ4n) is 3.58. The molecule has 0 atom stereocenters. The third kappa shape index (κ3) is 2.42. The van der Waals surface area contributed by atoms with E-state index in [2.05, 4.69) is 52.7 Å². The Hall–Kier alpha value is -3.51. The number of rotatable bonds is 3. The van der Waals surface area contributed by atoms with Crippen LogP contribution in [0.4, 0.5) is 0 Å². The molecule has 6 aromatic rings. The highest BCUT2D eigenvalue weighted by Crippen LogP contribution is 2.29. The lowest BCUT2D eigenvalue weighted by Crippen LogP contribution is -1.93. The van der Waals surface area contributed by atoms with Gasteiger partial charge in [0, 0.05) is 11.8 Å². The molecule has 3 aromatic heterocycles. The Balaban J connectivity index is 1.42. The number of fused-ring (bicyclic) bond motifs is 3. The van der Waals surface area contributed by atoms with Gasteiger partial charge in [0.1, 0.15) is 10.6 Å². The van der Waals surface area contributed by atoms with Gasteiger partial charge in [0.15, 0.2) is 5.76 Å². The zero-order chi connectivity index (χ0) is 18.5. The number of benzene rings is 3. The average Bonchev–Trinajstić information content (AvgIpc) is 3.41. The SMILES string of the molecule is c1ccc2oc(-c3nnc4sc(Cc5cccc6ccccc56)nn34)cc2c1. The summed E-state index contributed by atoms with van der Waals surface area (Å²) < 4.78 is 7.73. The second kappa shape index (κ2) is 6.00. The summed E-state index contributed by atoms with van der Waals surface area (Å²) in [6.45, 7) is 0. The topological polar surface area (TPSA) is 56.2 Å². The summed E-state index contributed by atoms with van der Waals surface area (Å²) in [6.07, 6.45) is 0.759. The van der Waals surface area contributed by atoms with Gasteiger partial charge >= 0.3 is 0 Å². The highest BCUT2D eigenvalue weighted by molar-refractivity contribution is 7.16. The molecular formula is C22H14N4OS. The number of aromatic nitrogens is 4. The summed E-state index contributed by atoms with van der Waals surface area (Å²) in [4.78, 5) is 0.769. The van der Waals surface area contributed by atoms with E-state index in [1.54, 1.807) is 15.9 Å². The monoisotopic (exact) mass is 382 g/mol. The first kappa shape index (κ1) is 15.5. The predicted molar refractivity (Wildman–Crippen MR) is 111 cm³/mol. The molecule has 3 aromatic carbocycles. The lowest BCUT2D eigenvalue weighted by atomic mass is 10.0. The van der Waals surface area contributed by atoms with Crippen LogP contribution < -0.4 is 0 Å². The summed E-state index contributed by atoms with van der Waals surface area (Å²) in [5.41, 5.74) is 2.09. The molecule has 5 nitrogen and oxygen atoms in total. The van der Waals surface area contributed by atoms with E-state index in [1.807, 2.05) is 30.3 Å². The van der Waals surface area contributed by atoms with E-state index in [9.17, 15) is 0 Å². The molecule has 0 amide bonds. The van der Waals surface area contributed by atoms with Crippen LogP contribution >= 0.6 is 11.3 Å². The fourth-order valence-corrected chi connectivity index (χ4v) is 4.44. The minimum atomic E-state index is 0.631. The zero-order valence-corrected chi connectivity index (χ0v) is 15.6. The van der Waals surface area contributed by atoms with Crippen molar-refractivity contribution in [2.45, 2.75) is 6.42 Å². The molecule has 0 fully saturated rings. The average molecular weight is 382 g/mol. The molecule has 134 valence electrons. The molecule has 0 saturated heterocycles. The second-order valence-corrected chi connectivity index (χ2v) is 7.72. The van der Waals surface area contributed by atoms with Gasteiger partial charge in [0.25, 0.3) is 0 Å². The first-order valence-electron chi connectivity index (χ1n) is 9.02. The van der Waals surface area contributed by atoms with Crippen LogP contribution in [0.3, 0.4) is 0 Å². The van der Waals surface area contributed by atoms with E-state index >= 15 is 0 Å². The van der Waals surface area contributed by atoms with Crippen LogP contribution in [-0.4, -0.2) is 19.8 Å². The molecule has 3 heterocycles. The van der Waals surface area contributed by atoms with Gasteiger partial charge in [-0.2, -0.15) is 9.61 Å². The Morgan fingerprint density at radius 3 is 2.61 bits per heavy atom. The maximum absolute atomic E-state index is 5.95. The van der Waals surface area contributed by atoms with Crippen LogP contribution in [0.25, 0.3) is 38.3 Å².